The highest BCUT2D eigenvalue weighted by atomic mass is 16.5. The molecule has 0 aromatic carbocycles. The summed E-state index contributed by atoms with van der Waals surface area (Å²) in [5.41, 5.74) is 0. The van der Waals surface area contributed by atoms with E-state index in [9.17, 15) is 0 Å². The normalized spacial score (nSPS) is 22.8. The summed E-state index contributed by atoms with van der Waals surface area (Å²) in [6.45, 7) is 7.18. The second-order valence-electron chi connectivity index (χ2n) is 3.87. The molecule has 0 radical (unpaired) electrons. The van der Waals surface area contributed by atoms with Crippen LogP contribution >= 0.6 is 0 Å². The Kier molecular flexibility index (Phi) is 4.62. The zero-order chi connectivity index (χ0) is 8.81. The molecule has 0 bridgehead atoms. The number of hydrogen-bond donors (Lipinski definition) is 0. The van der Waals surface area contributed by atoms with Gasteiger partial charge in [0.25, 0.3) is 0 Å². The zero-order valence-corrected chi connectivity index (χ0v) is 8.21. The minimum Gasteiger partial charge on any atom is -0.381 e. The molecule has 0 aromatic rings. The molecule has 0 aromatic heterocycles. The SMILES string of the molecule is CC(C)CCOCCC1CCO1. The molecule has 1 aliphatic heterocycles. The Morgan fingerprint density at radius 2 is 2.17 bits per heavy atom. The quantitative estimate of drug-likeness (QED) is 0.572. The van der Waals surface area contributed by atoms with Crippen molar-refractivity contribution in [3.05, 3.63) is 0 Å². The summed E-state index contributed by atoms with van der Waals surface area (Å²) in [5.74, 6) is 0.755. The van der Waals surface area contributed by atoms with Gasteiger partial charge in [0.1, 0.15) is 0 Å². The minimum atomic E-state index is 0.504. The predicted molar refractivity (Wildman–Crippen MR) is 49.2 cm³/mol. The van der Waals surface area contributed by atoms with E-state index in [1.165, 1.54) is 12.8 Å². The third-order valence-corrected chi connectivity index (χ3v) is 2.22. The van der Waals surface area contributed by atoms with Crippen molar-refractivity contribution in [1.29, 1.82) is 0 Å². The lowest BCUT2D eigenvalue weighted by molar-refractivity contribution is -0.0668. The van der Waals surface area contributed by atoms with Crippen LogP contribution in [0.25, 0.3) is 0 Å². The first-order valence-corrected chi connectivity index (χ1v) is 4.98. The molecule has 1 aliphatic rings. The van der Waals surface area contributed by atoms with E-state index in [2.05, 4.69) is 13.8 Å². The number of rotatable bonds is 6. The molecule has 2 nitrogen and oxygen atoms in total. The molecule has 1 heterocycles. The van der Waals surface area contributed by atoms with Crippen LogP contribution in [0.4, 0.5) is 0 Å². The van der Waals surface area contributed by atoms with E-state index in [0.717, 1.165) is 32.2 Å². The molecule has 0 saturated carbocycles. The smallest absolute Gasteiger partial charge is 0.0619 e. The fraction of sp³-hybridized carbons (Fsp3) is 1.00. The average molecular weight is 172 g/mol. The Labute approximate surface area is 75.2 Å². The maximum atomic E-state index is 5.47. The van der Waals surface area contributed by atoms with Gasteiger partial charge in [-0.1, -0.05) is 13.8 Å². The Morgan fingerprint density at radius 3 is 2.67 bits per heavy atom. The van der Waals surface area contributed by atoms with Crippen LogP contribution in [0.15, 0.2) is 0 Å². The van der Waals surface area contributed by atoms with Gasteiger partial charge in [0.15, 0.2) is 0 Å². The van der Waals surface area contributed by atoms with Gasteiger partial charge >= 0.3 is 0 Å². The first kappa shape index (κ1) is 10.0. The van der Waals surface area contributed by atoms with Crippen LogP contribution in [0, 0.1) is 5.92 Å². The van der Waals surface area contributed by atoms with Crippen molar-refractivity contribution in [2.24, 2.45) is 5.92 Å². The fourth-order valence-corrected chi connectivity index (χ4v) is 1.15. The van der Waals surface area contributed by atoms with Gasteiger partial charge in [-0.15, -0.1) is 0 Å². The predicted octanol–water partition coefficient (Wildman–Crippen LogP) is 2.23. The zero-order valence-electron chi connectivity index (χ0n) is 8.21. The van der Waals surface area contributed by atoms with Gasteiger partial charge in [-0.05, 0) is 25.2 Å². The van der Waals surface area contributed by atoms with E-state index in [1.54, 1.807) is 0 Å². The standard InChI is InChI=1S/C10H20O2/c1-9(2)3-6-11-7-4-10-5-8-12-10/h9-10H,3-8H2,1-2H3. The van der Waals surface area contributed by atoms with Crippen LogP contribution in [-0.4, -0.2) is 25.9 Å². The molecule has 0 aliphatic carbocycles. The maximum Gasteiger partial charge on any atom is 0.0619 e. The van der Waals surface area contributed by atoms with Crippen molar-refractivity contribution in [2.75, 3.05) is 19.8 Å². The minimum absolute atomic E-state index is 0.504. The molecule has 2 heteroatoms. The summed E-state index contributed by atoms with van der Waals surface area (Å²) < 4.78 is 10.7. The van der Waals surface area contributed by atoms with Gasteiger partial charge in [-0.2, -0.15) is 0 Å². The van der Waals surface area contributed by atoms with Crippen LogP contribution in [0.2, 0.25) is 0 Å². The van der Waals surface area contributed by atoms with E-state index in [0.29, 0.717) is 6.10 Å². The highest BCUT2D eigenvalue weighted by Gasteiger charge is 2.16. The largest absolute Gasteiger partial charge is 0.381 e. The summed E-state index contributed by atoms with van der Waals surface area (Å²) in [5, 5.41) is 0. The summed E-state index contributed by atoms with van der Waals surface area (Å²) >= 11 is 0. The summed E-state index contributed by atoms with van der Waals surface area (Å²) in [6.07, 6.45) is 3.99. The number of ether oxygens (including phenoxy) is 2. The van der Waals surface area contributed by atoms with Crippen molar-refractivity contribution < 1.29 is 9.47 Å². The second-order valence-corrected chi connectivity index (χ2v) is 3.87. The summed E-state index contributed by atoms with van der Waals surface area (Å²) in [6, 6.07) is 0. The molecule has 1 saturated heterocycles. The Balaban J connectivity index is 1.76. The van der Waals surface area contributed by atoms with E-state index >= 15 is 0 Å². The first-order valence-electron chi connectivity index (χ1n) is 4.98. The third kappa shape index (κ3) is 4.07. The van der Waals surface area contributed by atoms with Gasteiger partial charge in [-0.25, -0.2) is 0 Å². The summed E-state index contributed by atoms with van der Waals surface area (Å²) in [4.78, 5) is 0. The van der Waals surface area contributed by atoms with Crippen molar-refractivity contribution in [1.82, 2.24) is 0 Å². The van der Waals surface area contributed by atoms with Crippen molar-refractivity contribution in [3.63, 3.8) is 0 Å². The third-order valence-electron chi connectivity index (χ3n) is 2.22. The van der Waals surface area contributed by atoms with Crippen molar-refractivity contribution in [2.45, 2.75) is 39.2 Å². The Morgan fingerprint density at radius 1 is 1.42 bits per heavy atom. The Bertz CT molecular complexity index is 108. The van der Waals surface area contributed by atoms with Crippen molar-refractivity contribution >= 4 is 0 Å². The second kappa shape index (κ2) is 5.55. The van der Waals surface area contributed by atoms with Gasteiger partial charge in [0, 0.05) is 19.8 Å². The molecule has 1 rings (SSSR count). The lowest BCUT2D eigenvalue weighted by Gasteiger charge is -2.26. The van der Waals surface area contributed by atoms with Crippen LogP contribution in [0.1, 0.15) is 33.1 Å². The van der Waals surface area contributed by atoms with Crippen molar-refractivity contribution in [3.8, 4) is 0 Å². The van der Waals surface area contributed by atoms with Crippen LogP contribution in [0.3, 0.4) is 0 Å². The topological polar surface area (TPSA) is 18.5 Å². The van der Waals surface area contributed by atoms with Gasteiger partial charge < -0.3 is 9.47 Å². The highest BCUT2D eigenvalue weighted by Crippen LogP contribution is 2.14. The molecule has 72 valence electrons. The molecule has 0 N–H and O–H groups in total. The van der Waals surface area contributed by atoms with Gasteiger partial charge in [-0.3, -0.25) is 0 Å². The molecule has 1 atom stereocenters. The van der Waals surface area contributed by atoms with E-state index in [1.807, 2.05) is 0 Å². The molecule has 1 unspecified atom stereocenters. The van der Waals surface area contributed by atoms with Crippen LogP contribution < -0.4 is 0 Å². The van der Waals surface area contributed by atoms with Gasteiger partial charge in [0.05, 0.1) is 6.10 Å². The Hall–Kier alpha value is -0.0800. The lowest BCUT2D eigenvalue weighted by Crippen LogP contribution is -2.27. The molecule has 12 heavy (non-hydrogen) atoms. The highest BCUT2D eigenvalue weighted by molar-refractivity contribution is 4.65. The van der Waals surface area contributed by atoms with Crippen LogP contribution in [0.5, 0.6) is 0 Å². The monoisotopic (exact) mass is 172 g/mol. The fourth-order valence-electron chi connectivity index (χ4n) is 1.15. The number of hydrogen-bond acceptors (Lipinski definition) is 2. The lowest BCUT2D eigenvalue weighted by atomic mass is 10.1. The van der Waals surface area contributed by atoms with E-state index in [4.69, 9.17) is 9.47 Å². The van der Waals surface area contributed by atoms with E-state index < -0.39 is 0 Å². The molecular formula is C10H20O2. The van der Waals surface area contributed by atoms with Crippen LogP contribution in [-0.2, 0) is 9.47 Å². The molecule has 0 spiro atoms. The molecule has 1 fully saturated rings. The average Bonchev–Trinajstić information content (AvgIpc) is 1.92. The maximum absolute atomic E-state index is 5.47. The summed E-state index contributed by atoms with van der Waals surface area (Å²) in [7, 11) is 0. The van der Waals surface area contributed by atoms with E-state index in [-0.39, 0.29) is 0 Å². The first-order chi connectivity index (χ1) is 5.79. The molecule has 0 amide bonds. The van der Waals surface area contributed by atoms with Gasteiger partial charge in [0.2, 0.25) is 0 Å². The molecular weight excluding hydrogens is 152 g/mol.